The van der Waals surface area contributed by atoms with Gasteiger partial charge in [0.2, 0.25) is 0 Å². The molecule has 0 aliphatic rings. The standard InChI is InChI=1S/C9H5I3N2O4S/c10-3-1(7(15)16)4(11)6(14-9(13)19)5(12)2(3)8(17)18/h(H,15,16)(H,17,18)(H3,13,14,19). The average molecular weight is 618 g/mol. The number of nitrogens with one attached hydrogen (secondary N) is 1. The van der Waals surface area contributed by atoms with Gasteiger partial charge in [-0.15, -0.1) is 0 Å². The second kappa shape index (κ2) is 6.66. The van der Waals surface area contributed by atoms with Gasteiger partial charge in [0, 0.05) is 3.57 Å². The Hall–Kier alpha value is 0.0400. The topological polar surface area (TPSA) is 113 Å². The lowest BCUT2D eigenvalue weighted by Gasteiger charge is -2.16. The Morgan fingerprint density at radius 3 is 1.63 bits per heavy atom. The molecule has 1 rings (SSSR count). The van der Waals surface area contributed by atoms with E-state index >= 15 is 0 Å². The monoisotopic (exact) mass is 618 g/mol. The summed E-state index contributed by atoms with van der Waals surface area (Å²) in [7, 11) is 0. The number of benzene rings is 1. The number of aromatic carboxylic acids is 2. The highest BCUT2D eigenvalue weighted by molar-refractivity contribution is 14.1. The second-order valence-electron chi connectivity index (χ2n) is 3.17. The molecule has 6 nitrogen and oxygen atoms in total. The number of anilines is 1. The van der Waals surface area contributed by atoms with Gasteiger partial charge in [0.05, 0.1) is 24.0 Å². The fourth-order valence-electron chi connectivity index (χ4n) is 1.27. The molecular weight excluding hydrogens is 613 g/mol. The molecule has 0 aliphatic heterocycles. The molecule has 0 saturated carbocycles. The lowest BCUT2D eigenvalue weighted by Crippen LogP contribution is -2.23. The summed E-state index contributed by atoms with van der Waals surface area (Å²) < 4.78 is 0.883. The van der Waals surface area contributed by atoms with Crippen molar-refractivity contribution in [3.05, 3.63) is 21.8 Å². The number of carboxylic acid groups (broad SMARTS) is 2. The molecule has 0 spiro atoms. The van der Waals surface area contributed by atoms with Crippen molar-refractivity contribution in [1.29, 1.82) is 0 Å². The smallest absolute Gasteiger partial charge is 0.337 e. The summed E-state index contributed by atoms with van der Waals surface area (Å²) in [6, 6.07) is 0. The number of hydrogen-bond acceptors (Lipinski definition) is 3. The molecule has 0 amide bonds. The molecule has 0 bridgehead atoms. The third-order valence-corrected chi connectivity index (χ3v) is 5.33. The Kier molecular flexibility index (Phi) is 5.99. The van der Waals surface area contributed by atoms with Crippen LogP contribution in [0.4, 0.5) is 5.69 Å². The van der Waals surface area contributed by atoms with E-state index in [1.807, 2.05) is 45.2 Å². The second-order valence-corrected chi connectivity index (χ2v) is 6.84. The van der Waals surface area contributed by atoms with E-state index in [1.165, 1.54) is 0 Å². The van der Waals surface area contributed by atoms with Crippen LogP contribution in [0.2, 0.25) is 0 Å². The fraction of sp³-hybridized carbons (Fsp3) is 0. The summed E-state index contributed by atoms with van der Waals surface area (Å²) in [5.41, 5.74) is 5.49. The van der Waals surface area contributed by atoms with E-state index in [9.17, 15) is 19.8 Å². The minimum atomic E-state index is -1.21. The molecule has 0 fully saturated rings. The highest BCUT2D eigenvalue weighted by atomic mass is 127. The summed E-state index contributed by atoms with van der Waals surface area (Å²) >= 11 is 10.1. The van der Waals surface area contributed by atoms with Crippen molar-refractivity contribution < 1.29 is 19.8 Å². The first-order valence-electron chi connectivity index (χ1n) is 4.42. The number of hydrogen-bond donors (Lipinski definition) is 4. The highest BCUT2D eigenvalue weighted by Gasteiger charge is 2.27. The van der Waals surface area contributed by atoms with Crippen LogP contribution in [0.15, 0.2) is 0 Å². The van der Waals surface area contributed by atoms with Crippen molar-refractivity contribution in [3.8, 4) is 0 Å². The van der Waals surface area contributed by atoms with Crippen LogP contribution < -0.4 is 11.1 Å². The van der Waals surface area contributed by atoms with Crippen LogP contribution in [0.3, 0.4) is 0 Å². The first kappa shape index (κ1) is 17.1. The van der Waals surface area contributed by atoms with Crippen molar-refractivity contribution >= 4 is 103 Å². The predicted octanol–water partition coefficient (Wildman–Crippen LogP) is 2.55. The normalized spacial score (nSPS) is 10.1. The van der Waals surface area contributed by atoms with Gasteiger partial charge in [-0.1, -0.05) is 0 Å². The molecular formula is C9H5I3N2O4S. The number of halogens is 3. The third-order valence-electron chi connectivity index (χ3n) is 1.99. The minimum Gasteiger partial charge on any atom is -0.478 e. The number of nitrogens with two attached hydrogens (primary N) is 1. The lowest BCUT2D eigenvalue weighted by molar-refractivity contribution is 0.0694. The van der Waals surface area contributed by atoms with E-state index in [2.05, 4.69) is 5.32 Å². The average Bonchev–Trinajstić information content (AvgIpc) is 2.22. The zero-order valence-corrected chi connectivity index (χ0v) is 16.1. The van der Waals surface area contributed by atoms with Crippen LogP contribution in [-0.2, 0) is 0 Å². The summed E-state index contributed by atoms with van der Waals surface area (Å²) in [4.78, 5) is 22.5. The van der Waals surface area contributed by atoms with Crippen molar-refractivity contribution in [1.82, 2.24) is 0 Å². The summed E-state index contributed by atoms with van der Waals surface area (Å²) in [6.07, 6.45) is 0. The van der Waals surface area contributed by atoms with Crippen LogP contribution in [0.25, 0.3) is 0 Å². The Balaban J connectivity index is 3.79. The maximum atomic E-state index is 11.3. The Morgan fingerprint density at radius 1 is 1.00 bits per heavy atom. The van der Waals surface area contributed by atoms with E-state index in [1.54, 1.807) is 22.6 Å². The molecule has 1 aromatic rings. The predicted molar refractivity (Wildman–Crippen MR) is 98.9 cm³/mol. The quantitative estimate of drug-likeness (QED) is 0.305. The van der Waals surface area contributed by atoms with Gasteiger partial charge < -0.3 is 21.3 Å². The third kappa shape index (κ3) is 3.57. The van der Waals surface area contributed by atoms with Gasteiger partial charge in [-0.2, -0.15) is 0 Å². The van der Waals surface area contributed by atoms with Crippen molar-refractivity contribution in [2.24, 2.45) is 5.73 Å². The molecule has 0 heterocycles. The maximum absolute atomic E-state index is 11.3. The Morgan fingerprint density at radius 2 is 1.37 bits per heavy atom. The molecule has 10 heteroatoms. The van der Waals surface area contributed by atoms with Gasteiger partial charge in [-0.3, -0.25) is 0 Å². The highest BCUT2D eigenvalue weighted by Crippen LogP contribution is 2.35. The maximum Gasteiger partial charge on any atom is 0.337 e. The van der Waals surface area contributed by atoms with Crippen molar-refractivity contribution in [2.45, 2.75) is 0 Å². The van der Waals surface area contributed by atoms with Crippen LogP contribution in [-0.4, -0.2) is 27.3 Å². The molecule has 0 aliphatic carbocycles. The van der Waals surface area contributed by atoms with Crippen LogP contribution in [0, 0.1) is 10.7 Å². The SMILES string of the molecule is NC(=S)Nc1c(I)c(C(=O)O)c(I)c(C(=O)O)c1I. The van der Waals surface area contributed by atoms with Gasteiger partial charge in [0.15, 0.2) is 5.11 Å². The summed E-state index contributed by atoms with van der Waals surface area (Å²) in [6.45, 7) is 0. The van der Waals surface area contributed by atoms with Gasteiger partial charge >= 0.3 is 11.9 Å². The first-order chi connectivity index (χ1) is 8.68. The Bertz CT molecular complexity index is 565. The van der Waals surface area contributed by atoms with Gasteiger partial charge in [-0.25, -0.2) is 9.59 Å². The largest absolute Gasteiger partial charge is 0.478 e. The first-order valence-corrected chi connectivity index (χ1v) is 8.06. The van der Waals surface area contributed by atoms with Crippen LogP contribution in [0.1, 0.15) is 20.7 Å². The molecule has 0 atom stereocenters. The van der Waals surface area contributed by atoms with E-state index in [-0.39, 0.29) is 19.8 Å². The van der Waals surface area contributed by atoms with E-state index in [0.717, 1.165) is 0 Å². The Labute approximate surface area is 153 Å². The minimum absolute atomic E-state index is 0.0651. The molecule has 1 aromatic carbocycles. The fourth-order valence-corrected chi connectivity index (χ4v) is 5.73. The molecule has 0 aromatic heterocycles. The molecule has 0 radical (unpaired) electrons. The molecule has 102 valence electrons. The van der Waals surface area contributed by atoms with E-state index in [4.69, 9.17) is 18.0 Å². The summed E-state index contributed by atoms with van der Waals surface area (Å²) in [5.74, 6) is -2.42. The van der Waals surface area contributed by atoms with Crippen LogP contribution >= 0.6 is 80.0 Å². The number of carbonyl (C=O) groups is 2. The van der Waals surface area contributed by atoms with Crippen LogP contribution in [0.5, 0.6) is 0 Å². The van der Waals surface area contributed by atoms with E-state index < -0.39 is 11.9 Å². The molecule has 0 unspecified atom stereocenters. The lowest BCUT2D eigenvalue weighted by atomic mass is 10.1. The van der Waals surface area contributed by atoms with E-state index in [0.29, 0.717) is 12.8 Å². The molecule has 0 saturated heterocycles. The zero-order valence-electron chi connectivity index (χ0n) is 8.83. The number of carboxylic acids is 2. The molecule has 19 heavy (non-hydrogen) atoms. The number of thiocarbonyl (C=S) groups is 1. The van der Waals surface area contributed by atoms with Crippen molar-refractivity contribution in [3.63, 3.8) is 0 Å². The molecule has 5 N–H and O–H groups in total. The summed E-state index contributed by atoms with van der Waals surface area (Å²) in [5, 5.41) is 21.0. The van der Waals surface area contributed by atoms with Gasteiger partial charge in [0.25, 0.3) is 0 Å². The van der Waals surface area contributed by atoms with Gasteiger partial charge in [0.1, 0.15) is 0 Å². The van der Waals surface area contributed by atoms with Gasteiger partial charge in [-0.05, 0) is 80.0 Å². The number of rotatable bonds is 3. The zero-order chi connectivity index (χ0) is 14.9. The van der Waals surface area contributed by atoms with Crippen molar-refractivity contribution in [2.75, 3.05) is 5.32 Å².